The summed E-state index contributed by atoms with van der Waals surface area (Å²) in [6.07, 6.45) is 5.66. The van der Waals surface area contributed by atoms with E-state index in [0.717, 1.165) is 5.69 Å². The Morgan fingerprint density at radius 3 is 2.85 bits per heavy atom. The van der Waals surface area contributed by atoms with Gasteiger partial charge in [0.15, 0.2) is 0 Å². The lowest BCUT2D eigenvalue weighted by molar-refractivity contribution is 0.504. The number of hydrogen-bond donors (Lipinski definition) is 1. The zero-order valence-corrected chi connectivity index (χ0v) is 8.75. The lowest BCUT2D eigenvalue weighted by Gasteiger charge is -2.12. The van der Waals surface area contributed by atoms with Crippen LogP contribution in [0.1, 0.15) is 37.9 Å². The van der Waals surface area contributed by atoms with Crippen molar-refractivity contribution in [1.29, 1.82) is 0 Å². The molecule has 1 rings (SSSR count). The first-order valence-corrected chi connectivity index (χ1v) is 4.94. The Morgan fingerprint density at radius 1 is 1.62 bits per heavy atom. The van der Waals surface area contributed by atoms with Crippen molar-refractivity contribution in [3.63, 3.8) is 0 Å². The molecule has 0 bridgehead atoms. The second-order valence-corrected chi connectivity index (χ2v) is 3.40. The molecule has 0 fully saturated rings. The van der Waals surface area contributed by atoms with Crippen LogP contribution in [-0.4, -0.2) is 16.8 Å². The summed E-state index contributed by atoms with van der Waals surface area (Å²) >= 11 is 0. The molecule has 0 saturated carbocycles. The van der Waals surface area contributed by atoms with E-state index in [4.69, 9.17) is 0 Å². The molecule has 1 heterocycles. The summed E-state index contributed by atoms with van der Waals surface area (Å²) in [4.78, 5) is 0. The molecule has 0 aliphatic carbocycles. The summed E-state index contributed by atoms with van der Waals surface area (Å²) in [6.45, 7) is 2.21. The van der Waals surface area contributed by atoms with Gasteiger partial charge in [-0.2, -0.15) is 5.10 Å². The van der Waals surface area contributed by atoms with Gasteiger partial charge in [-0.15, -0.1) is 0 Å². The minimum Gasteiger partial charge on any atom is -0.312 e. The summed E-state index contributed by atoms with van der Waals surface area (Å²) in [5.74, 6) is 0. The molecule has 0 spiro atoms. The largest absolute Gasteiger partial charge is 0.312 e. The zero-order valence-electron chi connectivity index (χ0n) is 8.75. The van der Waals surface area contributed by atoms with Crippen molar-refractivity contribution >= 4 is 0 Å². The van der Waals surface area contributed by atoms with Gasteiger partial charge < -0.3 is 5.32 Å². The van der Waals surface area contributed by atoms with Gasteiger partial charge in [0.25, 0.3) is 0 Å². The maximum atomic E-state index is 4.39. The molecule has 0 saturated heterocycles. The van der Waals surface area contributed by atoms with Crippen LogP contribution >= 0.6 is 0 Å². The molecule has 13 heavy (non-hydrogen) atoms. The fourth-order valence-electron chi connectivity index (χ4n) is 1.47. The van der Waals surface area contributed by atoms with Gasteiger partial charge in [0, 0.05) is 13.2 Å². The Balaban J connectivity index is 2.56. The van der Waals surface area contributed by atoms with Crippen LogP contribution in [0.4, 0.5) is 0 Å². The van der Waals surface area contributed by atoms with Crippen molar-refractivity contribution in [1.82, 2.24) is 15.1 Å². The smallest absolute Gasteiger partial charge is 0.0793 e. The minimum atomic E-state index is 0.418. The monoisotopic (exact) mass is 181 g/mol. The predicted octanol–water partition coefficient (Wildman–Crippen LogP) is 1.87. The molecule has 0 aliphatic heterocycles. The van der Waals surface area contributed by atoms with Crippen molar-refractivity contribution in [3.05, 3.63) is 18.0 Å². The summed E-state index contributed by atoms with van der Waals surface area (Å²) in [5.41, 5.74) is 1.15. The highest BCUT2D eigenvalue weighted by Crippen LogP contribution is 2.16. The van der Waals surface area contributed by atoms with Gasteiger partial charge in [-0.05, 0) is 19.5 Å². The van der Waals surface area contributed by atoms with Crippen LogP contribution in [0.3, 0.4) is 0 Å². The molecule has 0 aliphatic rings. The average Bonchev–Trinajstić information content (AvgIpc) is 2.54. The quantitative estimate of drug-likeness (QED) is 0.751. The molecule has 3 heteroatoms. The van der Waals surface area contributed by atoms with E-state index < -0.39 is 0 Å². The Hall–Kier alpha value is -0.830. The van der Waals surface area contributed by atoms with Crippen molar-refractivity contribution in [2.75, 3.05) is 7.05 Å². The van der Waals surface area contributed by atoms with Gasteiger partial charge in [-0.25, -0.2) is 0 Å². The number of aryl methyl sites for hydroxylation is 1. The molecule has 3 nitrogen and oxygen atoms in total. The number of unbranched alkanes of at least 4 members (excludes halogenated alkanes) is 1. The second kappa shape index (κ2) is 5.02. The van der Waals surface area contributed by atoms with E-state index in [2.05, 4.69) is 23.4 Å². The van der Waals surface area contributed by atoms with Crippen LogP contribution in [0.25, 0.3) is 0 Å². The van der Waals surface area contributed by atoms with E-state index in [1.165, 1.54) is 19.3 Å². The van der Waals surface area contributed by atoms with Gasteiger partial charge in [0.1, 0.15) is 0 Å². The fourth-order valence-corrected chi connectivity index (χ4v) is 1.47. The number of aromatic nitrogens is 2. The van der Waals surface area contributed by atoms with Gasteiger partial charge in [0.05, 0.1) is 11.7 Å². The maximum Gasteiger partial charge on any atom is 0.0793 e. The lowest BCUT2D eigenvalue weighted by atomic mass is 10.1. The molecule has 0 radical (unpaired) electrons. The standard InChI is InChI=1S/C10H19N3/c1-4-5-6-9(11-2)10-7-8-13(3)12-10/h7-9,11H,4-6H2,1-3H3. The Kier molecular flexibility index (Phi) is 3.96. The molecule has 0 amide bonds. The van der Waals surface area contributed by atoms with Crippen LogP contribution in [0, 0.1) is 0 Å². The third-order valence-corrected chi connectivity index (χ3v) is 2.29. The van der Waals surface area contributed by atoms with Crippen molar-refractivity contribution < 1.29 is 0 Å². The highest BCUT2D eigenvalue weighted by molar-refractivity contribution is 5.04. The van der Waals surface area contributed by atoms with Crippen LogP contribution in [0.5, 0.6) is 0 Å². The SMILES string of the molecule is CCCCC(NC)c1ccn(C)n1. The molecule has 0 aromatic carbocycles. The molecule has 1 unspecified atom stereocenters. The van der Waals surface area contributed by atoms with Gasteiger partial charge in [-0.1, -0.05) is 19.8 Å². The van der Waals surface area contributed by atoms with E-state index in [9.17, 15) is 0 Å². The predicted molar refractivity (Wildman–Crippen MR) is 54.5 cm³/mol. The van der Waals surface area contributed by atoms with Crippen LogP contribution in [0.2, 0.25) is 0 Å². The van der Waals surface area contributed by atoms with Gasteiger partial charge >= 0.3 is 0 Å². The minimum absolute atomic E-state index is 0.418. The van der Waals surface area contributed by atoms with E-state index in [1.54, 1.807) is 0 Å². The van der Waals surface area contributed by atoms with Crippen LogP contribution in [0.15, 0.2) is 12.3 Å². The normalized spacial score (nSPS) is 13.2. The Labute approximate surface area is 80.1 Å². The van der Waals surface area contributed by atoms with Crippen molar-refractivity contribution in [3.8, 4) is 0 Å². The molecular weight excluding hydrogens is 162 g/mol. The second-order valence-electron chi connectivity index (χ2n) is 3.40. The summed E-state index contributed by atoms with van der Waals surface area (Å²) in [7, 11) is 3.95. The highest BCUT2D eigenvalue weighted by Gasteiger charge is 2.10. The summed E-state index contributed by atoms with van der Waals surface area (Å²) in [5, 5.41) is 7.68. The molecular formula is C10H19N3. The first-order chi connectivity index (χ1) is 6.27. The van der Waals surface area contributed by atoms with Gasteiger partial charge in [-0.3, -0.25) is 4.68 Å². The zero-order chi connectivity index (χ0) is 9.68. The van der Waals surface area contributed by atoms with Crippen LogP contribution < -0.4 is 5.32 Å². The number of hydrogen-bond acceptors (Lipinski definition) is 2. The molecule has 1 atom stereocenters. The van der Waals surface area contributed by atoms with E-state index in [0.29, 0.717) is 6.04 Å². The van der Waals surface area contributed by atoms with Gasteiger partial charge in [0.2, 0.25) is 0 Å². The number of nitrogens with one attached hydrogen (secondary N) is 1. The van der Waals surface area contributed by atoms with E-state index in [-0.39, 0.29) is 0 Å². The third-order valence-electron chi connectivity index (χ3n) is 2.29. The van der Waals surface area contributed by atoms with E-state index >= 15 is 0 Å². The average molecular weight is 181 g/mol. The molecule has 1 aromatic heterocycles. The molecule has 1 N–H and O–H groups in total. The molecule has 1 aromatic rings. The van der Waals surface area contributed by atoms with Crippen molar-refractivity contribution in [2.45, 2.75) is 32.2 Å². The third kappa shape index (κ3) is 2.84. The first-order valence-electron chi connectivity index (χ1n) is 4.94. The van der Waals surface area contributed by atoms with Crippen molar-refractivity contribution in [2.24, 2.45) is 7.05 Å². The maximum absolute atomic E-state index is 4.39. The highest BCUT2D eigenvalue weighted by atomic mass is 15.3. The topological polar surface area (TPSA) is 29.9 Å². The summed E-state index contributed by atoms with van der Waals surface area (Å²) in [6, 6.07) is 2.50. The van der Waals surface area contributed by atoms with Crippen LogP contribution in [-0.2, 0) is 7.05 Å². The van der Waals surface area contributed by atoms with E-state index in [1.807, 2.05) is 25.0 Å². The lowest BCUT2D eigenvalue weighted by Crippen LogP contribution is -2.17. The Morgan fingerprint density at radius 2 is 2.38 bits per heavy atom. The Bertz CT molecular complexity index is 242. The molecule has 74 valence electrons. The fraction of sp³-hybridized carbons (Fsp3) is 0.700. The number of rotatable bonds is 5. The number of nitrogens with zero attached hydrogens (tertiary/aromatic N) is 2. The first kappa shape index (κ1) is 10.3. The summed E-state index contributed by atoms with van der Waals surface area (Å²) < 4.78 is 1.85.